The largest absolute Gasteiger partial charge is 0.473 e. The number of ether oxygens (including phenoxy) is 1. The number of rotatable bonds is 3. The Labute approximate surface area is 112 Å². The molecule has 100 valence electrons. The standard InChI is InChI=1S/C15H18N2O2/c1-11-5-7-12(8-6-11)19-15-13(10-18)17-9-3-2-4-14(17)16-15/h2-4,9-12H,5-8H2,1H3. The lowest BCUT2D eigenvalue weighted by Crippen LogP contribution is -2.23. The molecule has 4 nitrogen and oxygen atoms in total. The molecule has 0 aromatic carbocycles. The van der Waals surface area contributed by atoms with Crippen LogP contribution in [-0.2, 0) is 0 Å². The minimum atomic E-state index is 0.194. The molecule has 0 bridgehead atoms. The molecule has 19 heavy (non-hydrogen) atoms. The highest BCUT2D eigenvalue weighted by atomic mass is 16.5. The summed E-state index contributed by atoms with van der Waals surface area (Å²) >= 11 is 0. The average Bonchev–Trinajstić information content (AvgIpc) is 2.78. The lowest BCUT2D eigenvalue weighted by atomic mass is 9.89. The van der Waals surface area contributed by atoms with E-state index in [2.05, 4.69) is 11.9 Å². The first-order valence-electron chi connectivity index (χ1n) is 6.87. The zero-order valence-corrected chi connectivity index (χ0v) is 11.1. The van der Waals surface area contributed by atoms with Gasteiger partial charge in [-0.2, -0.15) is 4.98 Å². The fraction of sp³-hybridized carbons (Fsp3) is 0.467. The van der Waals surface area contributed by atoms with Gasteiger partial charge in [0.05, 0.1) is 0 Å². The Balaban J connectivity index is 1.86. The van der Waals surface area contributed by atoms with E-state index in [0.717, 1.165) is 30.7 Å². The number of aromatic nitrogens is 2. The van der Waals surface area contributed by atoms with Gasteiger partial charge in [0.2, 0.25) is 5.88 Å². The molecule has 0 N–H and O–H groups in total. The third-order valence-electron chi connectivity index (χ3n) is 3.89. The molecule has 0 unspecified atom stereocenters. The number of nitrogens with zero attached hydrogens (tertiary/aromatic N) is 2. The molecule has 1 saturated carbocycles. The number of pyridine rings is 1. The van der Waals surface area contributed by atoms with E-state index < -0.39 is 0 Å². The van der Waals surface area contributed by atoms with Crippen LogP contribution in [0.4, 0.5) is 0 Å². The monoisotopic (exact) mass is 258 g/mol. The van der Waals surface area contributed by atoms with Gasteiger partial charge in [-0.25, -0.2) is 0 Å². The summed E-state index contributed by atoms with van der Waals surface area (Å²) in [5.74, 6) is 1.26. The third-order valence-corrected chi connectivity index (χ3v) is 3.89. The van der Waals surface area contributed by atoms with Crippen molar-refractivity contribution < 1.29 is 9.53 Å². The summed E-state index contributed by atoms with van der Waals surface area (Å²) in [7, 11) is 0. The Morgan fingerprint density at radius 1 is 1.32 bits per heavy atom. The summed E-state index contributed by atoms with van der Waals surface area (Å²) in [4.78, 5) is 15.7. The lowest BCUT2D eigenvalue weighted by Gasteiger charge is -2.26. The van der Waals surface area contributed by atoms with Crippen LogP contribution < -0.4 is 4.74 Å². The minimum Gasteiger partial charge on any atom is -0.473 e. The van der Waals surface area contributed by atoms with Gasteiger partial charge in [-0.05, 0) is 43.7 Å². The Morgan fingerprint density at radius 3 is 2.84 bits per heavy atom. The molecular weight excluding hydrogens is 240 g/mol. The van der Waals surface area contributed by atoms with E-state index in [1.807, 2.05) is 24.4 Å². The van der Waals surface area contributed by atoms with E-state index in [9.17, 15) is 4.79 Å². The summed E-state index contributed by atoms with van der Waals surface area (Å²) in [6.07, 6.45) is 7.33. The predicted molar refractivity (Wildman–Crippen MR) is 72.6 cm³/mol. The fourth-order valence-electron chi connectivity index (χ4n) is 2.69. The van der Waals surface area contributed by atoms with Gasteiger partial charge in [0.25, 0.3) is 0 Å². The van der Waals surface area contributed by atoms with Crippen molar-refractivity contribution in [1.82, 2.24) is 9.38 Å². The van der Waals surface area contributed by atoms with Crippen molar-refractivity contribution >= 4 is 11.9 Å². The van der Waals surface area contributed by atoms with Crippen LogP contribution in [0.2, 0.25) is 0 Å². The topological polar surface area (TPSA) is 43.6 Å². The summed E-state index contributed by atoms with van der Waals surface area (Å²) in [5, 5.41) is 0. The zero-order chi connectivity index (χ0) is 13.2. The van der Waals surface area contributed by atoms with Crippen molar-refractivity contribution in [2.45, 2.75) is 38.7 Å². The van der Waals surface area contributed by atoms with Crippen molar-refractivity contribution in [3.05, 3.63) is 30.1 Å². The smallest absolute Gasteiger partial charge is 0.244 e. The summed E-state index contributed by atoms with van der Waals surface area (Å²) in [6, 6.07) is 5.67. The molecule has 0 amide bonds. The number of imidazole rings is 1. The van der Waals surface area contributed by atoms with Crippen molar-refractivity contribution in [3.63, 3.8) is 0 Å². The molecule has 0 saturated heterocycles. The summed E-state index contributed by atoms with van der Waals surface area (Å²) in [5.41, 5.74) is 1.26. The highest BCUT2D eigenvalue weighted by molar-refractivity contribution is 5.78. The SMILES string of the molecule is CC1CCC(Oc2nc3ccccn3c2C=O)CC1. The molecule has 4 heteroatoms. The van der Waals surface area contributed by atoms with E-state index in [0.29, 0.717) is 11.6 Å². The molecular formula is C15H18N2O2. The first kappa shape index (κ1) is 12.2. The van der Waals surface area contributed by atoms with Crippen molar-refractivity contribution in [2.75, 3.05) is 0 Å². The van der Waals surface area contributed by atoms with Gasteiger partial charge < -0.3 is 4.74 Å². The van der Waals surface area contributed by atoms with Crippen LogP contribution in [-0.4, -0.2) is 21.8 Å². The van der Waals surface area contributed by atoms with Gasteiger partial charge >= 0.3 is 0 Å². The number of carbonyl (C=O) groups excluding carboxylic acids is 1. The van der Waals surface area contributed by atoms with E-state index >= 15 is 0 Å². The Hall–Kier alpha value is -1.84. The number of aldehydes is 1. The number of hydrogen-bond donors (Lipinski definition) is 0. The number of carbonyl (C=O) groups is 1. The van der Waals surface area contributed by atoms with Gasteiger partial charge in [-0.1, -0.05) is 13.0 Å². The maximum Gasteiger partial charge on any atom is 0.244 e. The van der Waals surface area contributed by atoms with Crippen molar-refractivity contribution in [1.29, 1.82) is 0 Å². The van der Waals surface area contributed by atoms with Gasteiger partial charge in [0.15, 0.2) is 6.29 Å². The predicted octanol–water partition coefficient (Wildman–Crippen LogP) is 3.10. The van der Waals surface area contributed by atoms with Gasteiger partial charge in [-0.15, -0.1) is 0 Å². The van der Waals surface area contributed by atoms with E-state index in [4.69, 9.17) is 4.74 Å². The van der Waals surface area contributed by atoms with Crippen molar-refractivity contribution in [3.8, 4) is 5.88 Å². The molecule has 3 rings (SSSR count). The number of hydrogen-bond acceptors (Lipinski definition) is 3. The van der Waals surface area contributed by atoms with Gasteiger partial charge in [-0.3, -0.25) is 9.20 Å². The first-order valence-corrected chi connectivity index (χ1v) is 6.87. The van der Waals surface area contributed by atoms with Crippen LogP contribution in [0.25, 0.3) is 5.65 Å². The molecule has 2 heterocycles. The molecule has 1 aliphatic rings. The van der Waals surface area contributed by atoms with Crippen LogP contribution in [0.1, 0.15) is 43.1 Å². The second kappa shape index (κ2) is 5.03. The molecule has 0 atom stereocenters. The average molecular weight is 258 g/mol. The quantitative estimate of drug-likeness (QED) is 0.794. The molecule has 0 radical (unpaired) electrons. The Morgan fingerprint density at radius 2 is 2.11 bits per heavy atom. The molecule has 1 aliphatic carbocycles. The lowest BCUT2D eigenvalue weighted by molar-refractivity contribution is 0.109. The van der Waals surface area contributed by atoms with E-state index in [-0.39, 0.29) is 6.10 Å². The number of fused-ring (bicyclic) bond motifs is 1. The molecule has 2 aromatic rings. The molecule has 2 aromatic heterocycles. The van der Waals surface area contributed by atoms with Crippen LogP contribution in [0.15, 0.2) is 24.4 Å². The van der Waals surface area contributed by atoms with Crippen molar-refractivity contribution in [2.24, 2.45) is 5.92 Å². The second-order valence-electron chi connectivity index (χ2n) is 5.35. The Bertz CT molecular complexity index is 583. The third kappa shape index (κ3) is 2.35. The highest BCUT2D eigenvalue weighted by Gasteiger charge is 2.22. The fourth-order valence-corrected chi connectivity index (χ4v) is 2.69. The van der Waals surface area contributed by atoms with Crippen LogP contribution >= 0.6 is 0 Å². The van der Waals surface area contributed by atoms with Crippen LogP contribution in [0.3, 0.4) is 0 Å². The van der Waals surface area contributed by atoms with Gasteiger partial charge in [0, 0.05) is 6.20 Å². The first-order chi connectivity index (χ1) is 9.28. The van der Waals surface area contributed by atoms with Crippen LogP contribution in [0.5, 0.6) is 5.88 Å². The van der Waals surface area contributed by atoms with E-state index in [1.165, 1.54) is 12.8 Å². The summed E-state index contributed by atoms with van der Waals surface area (Å²) in [6.45, 7) is 2.28. The maximum absolute atomic E-state index is 11.3. The highest BCUT2D eigenvalue weighted by Crippen LogP contribution is 2.28. The Kier molecular flexibility index (Phi) is 3.23. The molecule has 0 spiro atoms. The normalized spacial score (nSPS) is 23.4. The second-order valence-corrected chi connectivity index (χ2v) is 5.35. The zero-order valence-electron chi connectivity index (χ0n) is 11.1. The van der Waals surface area contributed by atoms with E-state index in [1.54, 1.807) is 4.40 Å². The maximum atomic E-state index is 11.3. The minimum absolute atomic E-state index is 0.194. The van der Waals surface area contributed by atoms with Crippen LogP contribution in [0, 0.1) is 5.92 Å². The summed E-state index contributed by atoms with van der Waals surface area (Å²) < 4.78 is 7.72. The molecule has 0 aliphatic heterocycles. The molecule has 1 fully saturated rings. The van der Waals surface area contributed by atoms with Gasteiger partial charge in [0.1, 0.15) is 17.4 Å².